The first-order chi connectivity index (χ1) is 18.9. The largest absolute Gasteiger partial charge is 1.00 e. The van der Waals surface area contributed by atoms with Crippen LogP contribution in [0.3, 0.4) is 0 Å². The molecule has 0 saturated carbocycles. The fourth-order valence-corrected chi connectivity index (χ4v) is 5.87. The van der Waals surface area contributed by atoms with Crippen LogP contribution in [0.5, 0.6) is 0 Å². The van der Waals surface area contributed by atoms with E-state index in [1.807, 2.05) is 0 Å². The summed E-state index contributed by atoms with van der Waals surface area (Å²) in [6, 6.07) is 2.76. The maximum Gasteiger partial charge on any atom is 1.00 e. The first kappa shape index (κ1) is 34.1. The molecule has 4 rings (SSSR count). The number of amides is 2. The molecule has 0 aliphatic carbocycles. The Labute approximate surface area is 260 Å². The van der Waals surface area contributed by atoms with Crippen LogP contribution in [0.4, 0.5) is 35.5 Å². The number of halogens is 7. The third-order valence-electron chi connectivity index (χ3n) is 8.30. The molecule has 2 saturated heterocycles. The van der Waals surface area contributed by atoms with Crippen LogP contribution in [0.25, 0.3) is 0 Å². The quantitative estimate of drug-likeness (QED) is 0.426. The molecule has 2 aromatic carbocycles. The number of likely N-dealkylation sites (tertiary alicyclic amines) is 1. The van der Waals surface area contributed by atoms with E-state index < -0.39 is 64.8 Å². The number of piperidine rings is 1. The van der Waals surface area contributed by atoms with E-state index in [4.69, 9.17) is 0 Å². The number of hydrogen-bond donors (Lipinski definition) is 1. The maximum atomic E-state index is 13.9. The van der Waals surface area contributed by atoms with Gasteiger partial charge in [0.15, 0.2) is 0 Å². The third-order valence-corrected chi connectivity index (χ3v) is 8.30. The summed E-state index contributed by atoms with van der Waals surface area (Å²) in [4.78, 5) is 27.9. The van der Waals surface area contributed by atoms with E-state index in [0.29, 0.717) is 29.7 Å². The van der Waals surface area contributed by atoms with Gasteiger partial charge in [0.2, 0.25) is 0 Å². The standard InChI is InChI=1S/C28H30F7N3O3.Na/c1-15-8-21(29)4-5-22(15)23-13-26(12-18(14-36-26)24(39)40)6-7-38(23)25(41)37(3)16(2)17-9-19(27(30,31)32)11-20(10-17)28(33,34)35;/h4-5,8-11,16,18,23,36H,6-7,12-14H2,1-3H3,(H,39,40);/q;+1/p-1/t16-,18?,23-,26-;/m1./s1. The molecule has 1 N–H and O–H groups in total. The topological polar surface area (TPSA) is 75.7 Å². The number of urea groups is 1. The van der Waals surface area contributed by atoms with Crippen molar-refractivity contribution in [3.8, 4) is 0 Å². The molecule has 0 aromatic heterocycles. The van der Waals surface area contributed by atoms with Crippen LogP contribution in [0, 0.1) is 18.7 Å². The normalized spacial score (nSPS) is 23.4. The zero-order chi connectivity index (χ0) is 30.5. The molecule has 2 aromatic rings. The monoisotopic (exact) mass is 611 g/mol. The number of aryl methyl sites for hydroxylation is 1. The van der Waals surface area contributed by atoms with Crippen molar-refractivity contribution >= 4 is 12.0 Å². The molecule has 42 heavy (non-hydrogen) atoms. The number of hydrogen-bond acceptors (Lipinski definition) is 4. The van der Waals surface area contributed by atoms with Gasteiger partial charge in [-0.2, -0.15) is 26.3 Å². The van der Waals surface area contributed by atoms with Crippen LogP contribution in [0.1, 0.15) is 66.1 Å². The molecule has 2 amide bonds. The number of benzene rings is 2. The van der Waals surface area contributed by atoms with Gasteiger partial charge < -0.3 is 25.0 Å². The molecule has 1 spiro atoms. The van der Waals surface area contributed by atoms with Crippen molar-refractivity contribution in [1.82, 2.24) is 15.1 Å². The van der Waals surface area contributed by atoms with Crippen LogP contribution in [-0.2, 0) is 17.1 Å². The maximum absolute atomic E-state index is 13.9. The Balaban J connectivity index is 0.00000484. The van der Waals surface area contributed by atoms with E-state index in [0.717, 1.165) is 4.90 Å². The summed E-state index contributed by atoms with van der Waals surface area (Å²) in [6.07, 6.45) is -9.21. The molecule has 14 heteroatoms. The van der Waals surface area contributed by atoms with Crippen molar-refractivity contribution < 1.29 is 75.0 Å². The van der Waals surface area contributed by atoms with Crippen molar-refractivity contribution in [3.05, 3.63) is 70.0 Å². The van der Waals surface area contributed by atoms with E-state index in [9.17, 15) is 45.4 Å². The second-order valence-electron chi connectivity index (χ2n) is 11.0. The second-order valence-corrected chi connectivity index (χ2v) is 11.0. The summed E-state index contributed by atoms with van der Waals surface area (Å²) in [5.74, 6) is -2.43. The summed E-state index contributed by atoms with van der Waals surface area (Å²) < 4.78 is 94.6. The molecule has 0 radical (unpaired) electrons. The fraction of sp³-hybridized carbons (Fsp3) is 0.500. The number of rotatable bonds is 4. The SMILES string of the molecule is Cc1cc(F)ccc1[C@H]1C[C@@]2(CCN1C(=O)N(C)[C@H](C)c1cc(C(F)(F)F)cc(C(F)(F)F)c1)CC(C(=O)[O-])CN2.[Na+]. The average molecular weight is 612 g/mol. The first-order valence-corrected chi connectivity index (χ1v) is 13.0. The first-order valence-electron chi connectivity index (χ1n) is 13.0. The van der Waals surface area contributed by atoms with Crippen molar-refractivity contribution in [3.63, 3.8) is 0 Å². The van der Waals surface area contributed by atoms with Crippen molar-refractivity contribution in [2.75, 3.05) is 20.1 Å². The Bertz CT molecular complexity index is 1300. The Hall–Kier alpha value is -2.35. The molecule has 6 nitrogen and oxygen atoms in total. The number of nitrogens with one attached hydrogen (secondary N) is 1. The van der Waals surface area contributed by atoms with Gasteiger partial charge in [0, 0.05) is 37.6 Å². The van der Waals surface area contributed by atoms with Gasteiger partial charge in [0.05, 0.1) is 23.2 Å². The van der Waals surface area contributed by atoms with Crippen molar-refractivity contribution in [2.45, 2.75) is 63.1 Å². The number of carboxylic acids is 1. The van der Waals surface area contributed by atoms with Gasteiger partial charge in [-0.15, -0.1) is 0 Å². The van der Waals surface area contributed by atoms with Crippen LogP contribution in [0.2, 0.25) is 0 Å². The van der Waals surface area contributed by atoms with E-state index >= 15 is 0 Å². The number of carbonyl (C=O) groups is 2. The van der Waals surface area contributed by atoms with Gasteiger partial charge in [-0.25, -0.2) is 9.18 Å². The van der Waals surface area contributed by atoms with E-state index in [1.54, 1.807) is 6.92 Å². The molecule has 2 heterocycles. The third kappa shape index (κ3) is 7.06. The Morgan fingerprint density at radius 2 is 1.64 bits per heavy atom. The molecule has 224 valence electrons. The summed E-state index contributed by atoms with van der Waals surface area (Å²) in [5.41, 5.74) is -2.84. The van der Waals surface area contributed by atoms with Crippen LogP contribution in [-0.4, -0.2) is 47.5 Å². The second kappa shape index (κ2) is 12.3. The van der Waals surface area contributed by atoms with Gasteiger partial charge in [-0.3, -0.25) is 0 Å². The summed E-state index contributed by atoms with van der Waals surface area (Å²) in [6.45, 7) is 3.28. The average Bonchev–Trinajstić information content (AvgIpc) is 3.29. The summed E-state index contributed by atoms with van der Waals surface area (Å²) in [7, 11) is 1.29. The minimum Gasteiger partial charge on any atom is -0.550 e. The summed E-state index contributed by atoms with van der Waals surface area (Å²) >= 11 is 0. The van der Waals surface area contributed by atoms with Crippen LogP contribution < -0.4 is 40.0 Å². The number of carbonyl (C=O) groups excluding carboxylic acids is 2. The Kier molecular flexibility index (Phi) is 10.0. The zero-order valence-corrected chi connectivity index (χ0v) is 25.5. The van der Waals surface area contributed by atoms with Gasteiger partial charge in [0.1, 0.15) is 5.82 Å². The van der Waals surface area contributed by atoms with Crippen molar-refractivity contribution in [1.29, 1.82) is 0 Å². The summed E-state index contributed by atoms with van der Waals surface area (Å²) in [5, 5.41) is 14.8. The van der Waals surface area contributed by atoms with Gasteiger partial charge >= 0.3 is 47.9 Å². The van der Waals surface area contributed by atoms with E-state index in [-0.39, 0.29) is 67.1 Å². The van der Waals surface area contributed by atoms with Gasteiger partial charge in [-0.05, 0) is 80.1 Å². The zero-order valence-electron chi connectivity index (χ0n) is 23.5. The number of carboxylic acid groups (broad SMARTS) is 1. The fourth-order valence-electron chi connectivity index (χ4n) is 5.87. The predicted molar refractivity (Wildman–Crippen MR) is 132 cm³/mol. The number of aliphatic carboxylic acids is 1. The molecule has 2 fully saturated rings. The molecular formula is C28H29F7N3NaO3. The minimum atomic E-state index is -5.04. The Morgan fingerprint density at radius 1 is 1.05 bits per heavy atom. The Morgan fingerprint density at radius 3 is 2.14 bits per heavy atom. The number of alkyl halides is 6. The smallest absolute Gasteiger partial charge is 0.550 e. The molecule has 1 unspecified atom stereocenters. The van der Waals surface area contributed by atoms with Gasteiger partial charge in [0.25, 0.3) is 0 Å². The molecular weight excluding hydrogens is 582 g/mol. The molecule has 4 atom stereocenters. The molecule has 2 aliphatic heterocycles. The van der Waals surface area contributed by atoms with E-state index in [1.165, 1.54) is 37.1 Å². The van der Waals surface area contributed by atoms with Crippen LogP contribution >= 0.6 is 0 Å². The van der Waals surface area contributed by atoms with E-state index in [2.05, 4.69) is 5.32 Å². The number of nitrogens with zero attached hydrogens (tertiary/aromatic N) is 2. The molecule has 0 bridgehead atoms. The minimum absolute atomic E-state index is 0. The van der Waals surface area contributed by atoms with Crippen LogP contribution in [0.15, 0.2) is 36.4 Å². The van der Waals surface area contributed by atoms with Crippen molar-refractivity contribution in [2.24, 2.45) is 5.92 Å². The van der Waals surface area contributed by atoms with Gasteiger partial charge in [-0.1, -0.05) is 6.07 Å². The molecule has 2 aliphatic rings. The predicted octanol–water partition coefficient (Wildman–Crippen LogP) is 2.22.